The quantitative estimate of drug-likeness (QED) is 0.820. The average Bonchev–Trinajstić information content (AvgIpc) is 2.83. The van der Waals surface area contributed by atoms with Gasteiger partial charge < -0.3 is 11.1 Å². The zero-order chi connectivity index (χ0) is 14.7. The maximum absolute atomic E-state index is 12.3. The van der Waals surface area contributed by atoms with Gasteiger partial charge in [-0.15, -0.1) is 0 Å². The van der Waals surface area contributed by atoms with Gasteiger partial charge in [-0.2, -0.15) is 11.8 Å². The monoisotopic (exact) mass is 332 g/mol. The number of rotatable bonds is 4. The first-order chi connectivity index (χ1) is 9.52. The maximum atomic E-state index is 12.3. The minimum Gasteiger partial charge on any atom is -0.397 e. The van der Waals surface area contributed by atoms with Crippen LogP contribution < -0.4 is 11.1 Å². The topological polar surface area (TPSA) is 55.1 Å². The molecule has 0 heterocycles. The summed E-state index contributed by atoms with van der Waals surface area (Å²) in [7, 11) is 0. The van der Waals surface area contributed by atoms with Crippen LogP contribution >= 0.6 is 35.0 Å². The van der Waals surface area contributed by atoms with Gasteiger partial charge in [-0.25, -0.2) is 0 Å². The Kier molecular flexibility index (Phi) is 5.47. The van der Waals surface area contributed by atoms with E-state index in [9.17, 15) is 4.79 Å². The normalized spacial score (nSPS) is 21.9. The van der Waals surface area contributed by atoms with Crippen LogP contribution in [0.2, 0.25) is 10.0 Å². The van der Waals surface area contributed by atoms with Gasteiger partial charge in [-0.1, -0.05) is 36.5 Å². The van der Waals surface area contributed by atoms with Crippen molar-refractivity contribution in [2.75, 3.05) is 11.5 Å². The van der Waals surface area contributed by atoms with E-state index in [2.05, 4.69) is 12.2 Å². The van der Waals surface area contributed by atoms with Crippen molar-refractivity contribution in [3.05, 3.63) is 27.7 Å². The zero-order valence-corrected chi connectivity index (χ0v) is 13.6. The molecule has 1 amide bonds. The molecule has 3 N–H and O–H groups in total. The number of amides is 1. The molecule has 0 aromatic heterocycles. The third-order valence-electron chi connectivity index (χ3n) is 3.47. The van der Waals surface area contributed by atoms with Crippen LogP contribution in [0.25, 0.3) is 0 Å². The van der Waals surface area contributed by atoms with Crippen LogP contribution in [-0.2, 0) is 0 Å². The number of hydrogen-bond acceptors (Lipinski definition) is 3. The number of nitrogens with one attached hydrogen (secondary N) is 1. The van der Waals surface area contributed by atoms with Crippen molar-refractivity contribution >= 4 is 46.6 Å². The Labute approximate surface area is 133 Å². The largest absolute Gasteiger partial charge is 0.397 e. The number of thioether (sulfide) groups is 1. The number of carbonyl (C=O) groups is 1. The molecule has 0 bridgehead atoms. The van der Waals surface area contributed by atoms with E-state index < -0.39 is 0 Å². The fourth-order valence-electron chi connectivity index (χ4n) is 2.50. The molecule has 1 aliphatic rings. The summed E-state index contributed by atoms with van der Waals surface area (Å²) in [5, 5.41) is 4.19. The minimum absolute atomic E-state index is 0.135. The van der Waals surface area contributed by atoms with Crippen LogP contribution in [-0.4, -0.2) is 23.0 Å². The second-order valence-electron chi connectivity index (χ2n) is 4.87. The Morgan fingerprint density at radius 1 is 1.45 bits per heavy atom. The highest BCUT2D eigenvalue weighted by atomic mass is 35.5. The highest BCUT2D eigenvalue weighted by Gasteiger charge is 2.28. The van der Waals surface area contributed by atoms with Crippen molar-refractivity contribution in [2.45, 2.75) is 37.5 Å². The number of nitrogen functional groups attached to an aromatic ring is 1. The van der Waals surface area contributed by atoms with E-state index in [0.29, 0.717) is 26.5 Å². The average molecular weight is 333 g/mol. The molecule has 110 valence electrons. The highest BCUT2D eigenvalue weighted by Crippen LogP contribution is 2.31. The molecule has 1 aliphatic carbocycles. The first-order valence-electron chi connectivity index (χ1n) is 6.70. The Morgan fingerprint density at radius 2 is 2.20 bits per heavy atom. The fraction of sp³-hybridized carbons (Fsp3) is 0.500. The standard InChI is InChI=1S/C14H18Cl2N2OS/c1-2-20-12-5-3-4-11(12)18-14(19)8-6-9(15)13(16)10(17)7-8/h6-7,11-12H,2-5,17H2,1H3,(H,18,19). The van der Waals surface area contributed by atoms with Crippen LogP contribution in [0.4, 0.5) is 5.69 Å². The lowest BCUT2D eigenvalue weighted by molar-refractivity contribution is 0.0938. The zero-order valence-electron chi connectivity index (χ0n) is 11.3. The Morgan fingerprint density at radius 3 is 2.85 bits per heavy atom. The summed E-state index contributed by atoms with van der Waals surface area (Å²) in [5.74, 6) is 0.931. The lowest BCUT2D eigenvalue weighted by Crippen LogP contribution is -2.38. The predicted octanol–water partition coefficient (Wildman–Crippen LogP) is 3.98. The van der Waals surface area contributed by atoms with Gasteiger partial charge in [0.1, 0.15) is 0 Å². The summed E-state index contributed by atoms with van der Waals surface area (Å²) in [6.07, 6.45) is 3.35. The lowest BCUT2D eigenvalue weighted by atomic mass is 10.1. The smallest absolute Gasteiger partial charge is 0.251 e. The number of benzene rings is 1. The number of nitrogens with two attached hydrogens (primary N) is 1. The van der Waals surface area contributed by atoms with E-state index in [1.165, 1.54) is 0 Å². The molecule has 0 saturated heterocycles. The molecule has 0 radical (unpaired) electrons. The van der Waals surface area contributed by atoms with E-state index in [1.54, 1.807) is 12.1 Å². The van der Waals surface area contributed by atoms with E-state index >= 15 is 0 Å². The molecule has 1 fully saturated rings. The van der Waals surface area contributed by atoms with Crippen molar-refractivity contribution in [2.24, 2.45) is 0 Å². The second kappa shape index (κ2) is 6.92. The minimum atomic E-state index is -0.135. The summed E-state index contributed by atoms with van der Waals surface area (Å²) in [6.45, 7) is 2.14. The van der Waals surface area contributed by atoms with Gasteiger partial charge in [0, 0.05) is 16.9 Å². The van der Waals surface area contributed by atoms with Gasteiger partial charge in [0.2, 0.25) is 0 Å². The second-order valence-corrected chi connectivity index (χ2v) is 7.17. The summed E-state index contributed by atoms with van der Waals surface area (Å²) < 4.78 is 0. The van der Waals surface area contributed by atoms with Gasteiger partial charge in [-0.3, -0.25) is 4.79 Å². The number of anilines is 1. The Bertz CT molecular complexity index is 487. The molecule has 2 unspecified atom stereocenters. The summed E-state index contributed by atoms with van der Waals surface area (Å²) in [5.41, 5.74) is 6.53. The van der Waals surface area contributed by atoms with Crippen molar-refractivity contribution in [3.8, 4) is 0 Å². The summed E-state index contributed by atoms with van der Waals surface area (Å²) in [6, 6.07) is 3.36. The predicted molar refractivity (Wildman–Crippen MR) is 87.9 cm³/mol. The van der Waals surface area contributed by atoms with Crippen LogP contribution in [0.3, 0.4) is 0 Å². The number of halogens is 2. The summed E-state index contributed by atoms with van der Waals surface area (Å²) in [4.78, 5) is 12.3. The molecule has 6 heteroatoms. The molecule has 0 aliphatic heterocycles. The number of hydrogen-bond donors (Lipinski definition) is 2. The van der Waals surface area contributed by atoms with E-state index in [4.69, 9.17) is 28.9 Å². The summed E-state index contributed by atoms with van der Waals surface area (Å²) >= 11 is 13.8. The van der Waals surface area contributed by atoms with Gasteiger partial charge in [0.25, 0.3) is 5.91 Å². The van der Waals surface area contributed by atoms with Crippen molar-refractivity contribution in [1.29, 1.82) is 0 Å². The SMILES string of the molecule is CCSC1CCCC1NC(=O)c1cc(N)c(Cl)c(Cl)c1. The van der Waals surface area contributed by atoms with Crippen molar-refractivity contribution in [3.63, 3.8) is 0 Å². The first-order valence-corrected chi connectivity index (χ1v) is 8.50. The molecule has 2 atom stereocenters. The third kappa shape index (κ3) is 3.54. The van der Waals surface area contributed by atoms with Crippen LogP contribution in [0, 0.1) is 0 Å². The van der Waals surface area contributed by atoms with Crippen LogP contribution in [0.15, 0.2) is 12.1 Å². The number of carbonyl (C=O) groups excluding carboxylic acids is 1. The van der Waals surface area contributed by atoms with Gasteiger partial charge in [0.15, 0.2) is 0 Å². The van der Waals surface area contributed by atoms with E-state index in [1.807, 2.05) is 11.8 Å². The van der Waals surface area contributed by atoms with Crippen LogP contribution in [0.1, 0.15) is 36.5 Å². The molecule has 0 spiro atoms. The molecular weight excluding hydrogens is 315 g/mol. The molecule has 2 rings (SSSR count). The molecule has 3 nitrogen and oxygen atoms in total. The van der Waals surface area contributed by atoms with Gasteiger partial charge in [0.05, 0.1) is 15.7 Å². The van der Waals surface area contributed by atoms with Gasteiger partial charge in [-0.05, 0) is 30.7 Å². The molecule has 20 heavy (non-hydrogen) atoms. The third-order valence-corrected chi connectivity index (χ3v) is 5.61. The molecule has 1 aromatic rings. The Balaban J connectivity index is 2.08. The molecular formula is C14H18Cl2N2OS. The van der Waals surface area contributed by atoms with Crippen molar-refractivity contribution in [1.82, 2.24) is 5.32 Å². The molecule has 1 saturated carbocycles. The maximum Gasteiger partial charge on any atom is 0.251 e. The lowest BCUT2D eigenvalue weighted by Gasteiger charge is -2.20. The van der Waals surface area contributed by atoms with Crippen molar-refractivity contribution < 1.29 is 4.79 Å². The molecule has 1 aromatic carbocycles. The first kappa shape index (κ1) is 15.8. The highest BCUT2D eigenvalue weighted by molar-refractivity contribution is 7.99. The van der Waals surface area contributed by atoms with Gasteiger partial charge >= 0.3 is 0 Å². The fourth-order valence-corrected chi connectivity index (χ4v) is 4.03. The van der Waals surface area contributed by atoms with E-state index in [0.717, 1.165) is 25.0 Å². The van der Waals surface area contributed by atoms with Crippen LogP contribution in [0.5, 0.6) is 0 Å². The van der Waals surface area contributed by atoms with E-state index in [-0.39, 0.29) is 11.9 Å². The Hall–Kier alpha value is -0.580.